The van der Waals surface area contributed by atoms with Crippen LogP contribution < -0.4 is 0 Å². The molecule has 0 amide bonds. The zero-order valence-electron chi connectivity index (χ0n) is 6.58. The highest BCUT2D eigenvalue weighted by molar-refractivity contribution is 7.79. The largest absolute Gasteiger partial charge is 0.306 e. The van der Waals surface area contributed by atoms with E-state index in [1.807, 2.05) is 0 Å². The van der Waals surface area contributed by atoms with Crippen LogP contribution in [0.15, 0.2) is 0 Å². The van der Waals surface area contributed by atoms with E-state index in [0.29, 0.717) is 17.1 Å². The van der Waals surface area contributed by atoms with Crippen LogP contribution in [0.4, 0.5) is 0 Å². The predicted octanol–water partition coefficient (Wildman–Crippen LogP) is 1.79. The number of rotatable bonds is 2. The Labute approximate surface area is 69.7 Å². The molecule has 0 aliphatic heterocycles. The van der Waals surface area contributed by atoms with Crippen molar-refractivity contribution in [2.45, 2.75) is 32.1 Å². The Hall–Kier alpha value is 0.110. The topological polar surface area (TPSA) is 37.3 Å². The van der Waals surface area contributed by atoms with Crippen molar-refractivity contribution in [2.24, 2.45) is 11.3 Å². The molecule has 0 aromatic carbocycles. The lowest BCUT2D eigenvalue weighted by Gasteiger charge is -2.54. The van der Waals surface area contributed by atoms with Crippen LogP contribution in [0.5, 0.6) is 0 Å². The van der Waals surface area contributed by atoms with Gasteiger partial charge in [-0.2, -0.15) is 0 Å². The molecule has 2 rings (SSSR count). The third kappa shape index (κ3) is 1.36. The molecule has 2 aliphatic rings. The minimum absolute atomic E-state index is 0.516. The first-order valence-corrected chi connectivity index (χ1v) is 5.55. The van der Waals surface area contributed by atoms with E-state index in [1.165, 1.54) is 32.1 Å². The van der Waals surface area contributed by atoms with Crippen LogP contribution in [0.1, 0.15) is 32.1 Å². The van der Waals surface area contributed by atoms with Crippen molar-refractivity contribution < 1.29 is 8.76 Å². The monoisotopic (exact) mass is 174 g/mol. The summed E-state index contributed by atoms with van der Waals surface area (Å²) in [6.07, 6.45) is 6.58. The Morgan fingerprint density at radius 2 is 2.09 bits per heavy atom. The van der Waals surface area contributed by atoms with Crippen LogP contribution in [0, 0.1) is 11.3 Å². The second kappa shape index (κ2) is 2.56. The summed E-state index contributed by atoms with van der Waals surface area (Å²) in [5.74, 6) is 1.07. The first-order chi connectivity index (χ1) is 5.20. The first-order valence-electron chi connectivity index (χ1n) is 4.28. The van der Waals surface area contributed by atoms with Crippen LogP contribution in [0.3, 0.4) is 0 Å². The molecule has 0 heterocycles. The van der Waals surface area contributed by atoms with Gasteiger partial charge in [0.1, 0.15) is 0 Å². The Bertz CT molecular complexity index is 179. The molecule has 0 saturated heterocycles. The summed E-state index contributed by atoms with van der Waals surface area (Å²) in [7, 11) is 0. The molecule has 3 heteroatoms. The van der Waals surface area contributed by atoms with Gasteiger partial charge in [-0.25, -0.2) is 4.21 Å². The summed E-state index contributed by atoms with van der Waals surface area (Å²) in [6, 6.07) is 0. The van der Waals surface area contributed by atoms with Crippen LogP contribution >= 0.6 is 0 Å². The van der Waals surface area contributed by atoms with Crippen LogP contribution in [0.2, 0.25) is 0 Å². The molecule has 1 atom stereocenters. The van der Waals surface area contributed by atoms with Gasteiger partial charge in [0.25, 0.3) is 0 Å². The Morgan fingerprint density at radius 3 is 2.45 bits per heavy atom. The average Bonchev–Trinajstić information content (AvgIpc) is 1.71. The van der Waals surface area contributed by atoms with Gasteiger partial charge >= 0.3 is 0 Å². The number of hydrogen-bond donors (Lipinski definition) is 1. The molecule has 1 unspecified atom stereocenters. The van der Waals surface area contributed by atoms with Crippen molar-refractivity contribution in [3.05, 3.63) is 0 Å². The molecule has 0 aromatic rings. The van der Waals surface area contributed by atoms with Crippen molar-refractivity contribution in [3.63, 3.8) is 0 Å². The molecule has 0 aromatic heterocycles. The molecule has 64 valence electrons. The molecule has 2 aliphatic carbocycles. The Balaban J connectivity index is 1.75. The predicted molar refractivity (Wildman–Crippen MR) is 44.6 cm³/mol. The molecule has 1 N–H and O–H groups in total. The summed E-state index contributed by atoms with van der Waals surface area (Å²) in [6.45, 7) is 0. The van der Waals surface area contributed by atoms with E-state index in [-0.39, 0.29) is 0 Å². The second-order valence-corrected chi connectivity index (χ2v) is 5.09. The van der Waals surface area contributed by atoms with E-state index in [4.69, 9.17) is 4.55 Å². The van der Waals surface area contributed by atoms with Gasteiger partial charge in [0, 0.05) is 0 Å². The standard InChI is InChI=1S/C8H14O2S/c9-11(10)6-7-4-8(5-7)2-1-3-8/h7H,1-6H2,(H,9,10). The highest BCUT2D eigenvalue weighted by Gasteiger charge is 2.48. The third-order valence-electron chi connectivity index (χ3n) is 3.24. The molecular formula is C8H14O2S. The van der Waals surface area contributed by atoms with Crippen LogP contribution in [-0.4, -0.2) is 14.5 Å². The highest BCUT2D eigenvalue weighted by Crippen LogP contribution is 2.58. The fraction of sp³-hybridized carbons (Fsp3) is 1.00. The molecule has 0 bridgehead atoms. The number of hydrogen-bond acceptors (Lipinski definition) is 1. The van der Waals surface area contributed by atoms with E-state index >= 15 is 0 Å². The quantitative estimate of drug-likeness (QED) is 0.648. The molecule has 0 radical (unpaired) electrons. The van der Waals surface area contributed by atoms with E-state index in [9.17, 15) is 4.21 Å². The van der Waals surface area contributed by atoms with Gasteiger partial charge in [-0.05, 0) is 37.0 Å². The van der Waals surface area contributed by atoms with Gasteiger partial charge in [0.2, 0.25) is 0 Å². The third-order valence-corrected chi connectivity index (χ3v) is 3.99. The van der Waals surface area contributed by atoms with Gasteiger partial charge in [0.05, 0.1) is 5.75 Å². The van der Waals surface area contributed by atoms with Crippen molar-refractivity contribution >= 4 is 11.1 Å². The second-order valence-electron chi connectivity index (χ2n) is 4.12. The molecule has 11 heavy (non-hydrogen) atoms. The van der Waals surface area contributed by atoms with Crippen molar-refractivity contribution in [2.75, 3.05) is 5.75 Å². The van der Waals surface area contributed by atoms with Crippen molar-refractivity contribution in [3.8, 4) is 0 Å². The lowest BCUT2D eigenvalue weighted by Crippen LogP contribution is -2.44. The summed E-state index contributed by atoms with van der Waals surface area (Å²) in [4.78, 5) is 0. The van der Waals surface area contributed by atoms with Gasteiger partial charge in [-0.1, -0.05) is 6.42 Å². The summed E-state index contributed by atoms with van der Waals surface area (Å²) >= 11 is -1.56. The van der Waals surface area contributed by atoms with Gasteiger partial charge in [-0.3, -0.25) is 0 Å². The van der Waals surface area contributed by atoms with Crippen LogP contribution in [-0.2, 0) is 11.1 Å². The summed E-state index contributed by atoms with van der Waals surface area (Å²) in [5, 5.41) is 0. The van der Waals surface area contributed by atoms with Gasteiger partial charge in [-0.15, -0.1) is 0 Å². The molecule has 2 saturated carbocycles. The normalized spacial score (nSPS) is 31.0. The summed E-state index contributed by atoms with van der Waals surface area (Å²) in [5.41, 5.74) is 0.657. The minimum Gasteiger partial charge on any atom is -0.306 e. The maximum atomic E-state index is 10.4. The lowest BCUT2D eigenvalue weighted by molar-refractivity contribution is -0.0147. The maximum absolute atomic E-state index is 10.4. The Kier molecular flexibility index (Phi) is 1.80. The van der Waals surface area contributed by atoms with Gasteiger partial charge < -0.3 is 4.55 Å². The summed E-state index contributed by atoms with van der Waals surface area (Å²) < 4.78 is 19.1. The molecule has 2 fully saturated rings. The van der Waals surface area contributed by atoms with E-state index in [2.05, 4.69) is 0 Å². The highest BCUT2D eigenvalue weighted by atomic mass is 32.2. The smallest absolute Gasteiger partial charge is 0.153 e. The zero-order valence-corrected chi connectivity index (χ0v) is 7.40. The van der Waals surface area contributed by atoms with Crippen molar-refractivity contribution in [1.82, 2.24) is 0 Å². The Morgan fingerprint density at radius 1 is 1.45 bits per heavy atom. The van der Waals surface area contributed by atoms with E-state index in [1.54, 1.807) is 0 Å². The zero-order chi connectivity index (χ0) is 7.90. The lowest BCUT2D eigenvalue weighted by atomic mass is 9.52. The first kappa shape index (κ1) is 7.74. The van der Waals surface area contributed by atoms with Crippen molar-refractivity contribution in [1.29, 1.82) is 0 Å². The molecular weight excluding hydrogens is 160 g/mol. The minimum atomic E-state index is -1.56. The fourth-order valence-electron chi connectivity index (χ4n) is 2.57. The SMILES string of the molecule is O=S(O)CC1CC2(CCC2)C1. The van der Waals surface area contributed by atoms with E-state index in [0.717, 1.165) is 0 Å². The van der Waals surface area contributed by atoms with E-state index < -0.39 is 11.1 Å². The molecule has 2 nitrogen and oxygen atoms in total. The molecule has 1 spiro atoms. The maximum Gasteiger partial charge on any atom is 0.153 e. The fourth-order valence-corrected chi connectivity index (χ4v) is 3.21. The van der Waals surface area contributed by atoms with Crippen LogP contribution in [0.25, 0.3) is 0 Å². The average molecular weight is 174 g/mol. The van der Waals surface area contributed by atoms with Gasteiger partial charge in [0.15, 0.2) is 11.1 Å².